The molecule has 0 rings (SSSR count). The van der Waals surface area contributed by atoms with Crippen molar-refractivity contribution in [3.63, 3.8) is 0 Å². The maximum Gasteiger partial charge on any atom is 0.306 e. The predicted octanol–water partition coefficient (Wildman–Crippen LogP) is 22.5. The number of hydrogen-bond acceptors (Lipinski definition) is 6. The molecule has 79 heavy (non-hydrogen) atoms. The molecule has 448 valence electrons. The standard InChI is InChI=1S/C73H120O6/c1-4-7-10-13-16-19-22-25-28-31-32-33-34-35-36-37-38-39-40-43-45-48-51-54-57-60-63-66-72(75)78-69-70(79-73(76)67-64-61-58-55-52-49-46-42-30-27-24-21-18-15-12-9-6-3)68-77-71(74)65-62-59-56-53-50-47-44-41-29-26-23-20-17-14-11-8-5-2/h7,9-10,12,16,18-19,21,25,27-28,30,32-33,35-36,38-39,43,45,51,54,70H,4-6,8,11,13-15,17,20,22-24,26,29,31,34,37,40-42,44,46-50,52-53,55-69H2,1-3H3/b10-7-,12-9-,19-16-,21-18-,28-25-,30-27-,33-32-,36-35-,39-38-,45-43-,54-51-. The third-order valence-corrected chi connectivity index (χ3v) is 13.7. The Bertz CT molecular complexity index is 1680. The summed E-state index contributed by atoms with van der Waals surface area (Å²) >= 11 is 0. The molecule has 0 fully saturated rings. The average molecular weight is 1090 g/mol. The van der Waals surface area contributed by atoms with Crippen molar-refractivity contribution in [1.82, 2.24) is 0 Å². The molecule has 0 heterocycles. The molecule has 0 aliphatic heterocycles. The van der Waals surface area contributed by atoms with Crippen molar-refractivity contribution in [2.45, 2.75) is 297 Å². The largest absolute Gasteiger partial charge is 0.462 e. The van der Waals surface area contributed by atoms with Crippen LogP contribution in [-0.4, -0.2) is 37.2 Å². The first kappa shape index (κ1) is 74.5. The lowest BCUT2D eigenvalue weighted by atomic mass is 10.0. The van der Waals surface area contributed by atoms with E-state index >= 15 is 0 Å². The highest BCUT2D eigenvalue weighted by Gasteiger charge is 2.19. The van der Waals surface area contributed by atoms with Crippen LogP contribution in [0.2, 0.25) is 0 Å². The summed E-state index contributed by atoms with van der Waals surface area (Å²) in [6, 6.07) is 0. The molecule has 0 saturated carbocycles. The maximum absolute atomic E-state index is 12.9. The summed E-state index contributed by atoms with van der Waals surface area (Å²) in [6.07, 6.45) is 93.1. The zero-order valence-electron chi connectivity index (χ0n) is 51.3. The Morgan fingerprint density at radius 3 is 0.797 bits per heavy atom. The first-order chi connectivity index (χ1) is 39.0. The number of esters is 3. The Labute approximate surface area is 487 Å². The van der Waals surface area contributed by atoms with E-state index in [4.69, 9.17) is 14.2 Å². The summed E-state index contributed by atoms with van der Waals surface area (Å²) in [5.41, 5.74) is 0. The molecule has 0 aliphatic carbocycles. The number of carbonyl (C=O) groups excluding carboxylic acids is 3. The van der Waals surface area contributed by atoms with E-state index in [1.807, 2.05) is 0 Å². The molecule has 0 N–H and O–H groups in total. The van der Waals surface area contributed by atoms with Gasteiger partial charge in [0.2, 0.25) is 0 Å². The monoisotopic (exact) mass is 1090 g/mol. The van der Waals surface area contributed by atoms with E-state index in [9.17, 15) is 14.4 Å². The van der Waals surface area contributed by atoms with Crippen LogP contribution in [0.3, 0.4) is 0 Å². The van der Waals surface area contributed by atoms with Gasteiger partial charge in [0.25, 0.3) is 0 Å². The molecule has 1 unspecified atom stereocenters. The number of carbonyl (C=O) groups is 3. The van der Waals surface area contributed by atoms with E-state index in [1.165, 1.54) is 116 Å². The number of ether oxygens (including phenoxy) is 3. The quantitative estimate of drug-likeness (QED) is 0.0261. The summed E-state index contributed by atoms with van der Waals surface area (Å²) in [5, 5.41) is 0. The van der Waals surface area contributed by atoms with E-state index in [0.29, 0.717) is 25.7 Å². The van der Waals surface area contributed by atoms with Gasteiger partial charge in [0.1, 0.15) is 13.2 Å². The van der Waals surface area contributed by atoms with Gasteiger partial charge in [-0.2, -0.15) is 0 Å². The highest BCUT2D eigenvalue weighted by Crippen LogP contribution is 2.16. The Morgan fingerprint density at radius 1 is 0.266 bits per heavy atom. The number of allylic oxidation sites excluding steroid dienone is 22. The van der Waals surface area contributed by atoms with Gasteiger partial charge in [-0.15, -0.1) is 0 Å². The summed E-state index contributed by atoms with van der Waals surface area (Å²) in [5.74, 6) is -0.947. The van der Waals surface area contributed by atoms with Crippen LogP contribution in [0, 0.1) is 0 Å². The smallest absolute Gasteiger partial charge is 0.306 e. The molecular weight excluding hydrogens is 973 g/mol. The van der Waals surface area contributed by atoms with Gasteiger partial charge >= 0.3 is 17.9 Å². The second kappa shape index (κ2) is 66.1. The lowest BCUT2D eigenvalue weighted by Gasteiger charge is -2.18. The topological polar surface area (TPSA) is 78.9 Å². The Balaban J connectivity index is 4.46. The van der Waals surface area contributed by atoms with Crippen molar-refractivity contribution in [3.8, 4) is 0 Å². The van der Waals surface area contributed by atoms with Gasteiger partial charge in [-0.3, -0.25) is 14.4 Å². The van der Waals surface area contributed by atoms with Crippen LogP contribution < -0.4 is 0 Å². The molecule has 0 bridgehead atoms. The third-order valence-electron chi connectivity index (χ3n) is 13.7. The number of rotatable bonds is 58. The lowest BCUT2D eigenvalue weighted by molar-refractivity contribution is -0.167. The van der Waals surface area contributed by atoms with Crippen molar-refractivity contribution in [2.75, 3.05) is 13.2 Å². The van der Waals surface area contributed by atoms with Crippen molar-refractivity contribution in [2.24, 2.45) is 0 Å². The van der Waals surface area contributed by atoms with Crippen LogP contribution in [0.15, 0.2) is 134 Å². The minimum atomic E-state index is -0.806. The molecule has 6 nitrogen and oxygen atoms in total. The van der Waals surface area contributed by atoms with Crippen LogP contribution in [-0.2, 0) is 28.6 Å². The maximum atomic E-state index is 12.9. The number of unbranched alkanes of at least 4 members (excludes halogenated alkanes) is 25. The Morgan fingerprint density at radius 2 is 0.494 bits per heavy atom. The molecule has 0 aromatic heterocycles. The van der Waals surface area contributed by atoms with E-state index in [0.717, 1.165) is 128 Å². The van der Waals surface area contributed by atoms with E-state index in [2.05, 4.69) is 154 Å². The van der Waals surface area contributed by atoms with Gasteiger partial charge in [0.05, 0.1) is 0 Å². The summed E-state index contributed by atoms with van der Waals surface area (Å²) in [4.78, 5) is 38.4. The van der Waals surface area contributed by atoms with Crippen LogP contribution in [0.1, 0.15) is 290 Å². The van der Waals surface area contributed by atoms with Crippen molar-refractivity contribution < 1.29 is 28.6 Å². The van der Waals surface area contributed by atoms with Gasteiger partial charge in [-0.1, -0.05) is 289 Å². The van der Waals surface area contributed by atoms with Gasteiger partial charge in [0.15, 0.2) is 6.10 Å². The van der Waals surface area contributed by atoms with Crippen LogP contribution in [0.5, 0.6) is 0 Å². The first-order valence-electron chi connectivity index (χ1n) is 32.7. The molecule has 0 aromatic rings. The molecular formula is C73H120O6. The Hall–Kier alpha value is -4.45. The lowest BCUT2D eigenvalue weighted by Crippen LogP contribution is -2.30. The first-order valence-corrected chi connectivity index (χ1v) is 32.7. The molecule has 0 saturated heterocycles. The van der Waals surface area contributed by atoms with Crippen LogP contribution in [0.4, 0.5) is 0 Å². The van der Waals surface area contributed by atoms with E-state index in [-0.39, 0.29) is 31.1 Å². The predicted molar refractivity (Wildman–Crippen MR) is 343 cm³/mol. The Kier molecular flexibility index (Phi) is 62.3. The van der Waals surface area contributed by atoms with Crippen LogP contribution in [0.25, 0.3) is 0 Å². The summed E-state index contributed by atoms with van der Waals surface area (Å²) < 4.78 is 16.9. The zero-order valence-corrected chi connectivity index (χ0v) is 51.3. The van der Waals surface area contributed by atoms with Gasteiger partial charge < -0.3 is 14.2 Å². The fourth-order valence-electron chi connectivity index (χ4n) is 8.83. The van der Waals surface area contributed by atoms with Gasteiger partial charge in [-0.25, -0.2) is 0 Å². The normalized spacial score (nSPS) is 13.0. The van der Waals surface area contributed by atoms with Crippen molar-refractivity contribution in [1.29, 1.82) is 0 Å². The highest BCUT2D eigenvalue weighted by molar-refractivity contribution is 5.71. The fourth-order valence-corrected chi connectivity index (χ4v) is 8.83. The molecule has 0 amide bonds. The fraction of sp³-hybridized carbons (Fsp3) is 0.658. The SMILES string of the molecule is CC/C=C\C/C=C\C/C=C\C/C=C\C/C=C\C/C=C\C/C=C\C/C=C\CCCCC(=O)OCC(COC(=O)CCCCCCCCCCCCCCCCCCC)OC(=O)CCCCCCCCC/C=C\C/C=C\C/C=C\CC. The third kappa shape index (κ3) is 64.3. The molecule has 1 atom stereocenters. The zero-order chi connectivity index (χ0) is 57.1. The number of hydrogen-bond donors (Lipinski definition) is 0. The minimum Gasteiger partial charge on any atom is -0.462 e. The molecule has 0 aromatic carbocycles. The second-order valence-corrected chi connectivity index (χ2v) is 21.3. The second-order valence-electron chi connectivity index (χ2n) is 21.3. The minimum absolute atomic E-state index is 0.0972. The average Bonchev–Trinajstić information content (AvgIpc) is 3.45. The van der Waals surface area contributed by atoms with Crippen molar-refractivity contribution >= 4 is 17.9 Å². The summed E-state index contributed by atoms with van der Waals surface area (Å²) in [6.45, 7) is 6.39. The highest BCUT2D eigenvalue weighted by atomic mass is 16.6. The molecule has 0 aliphatic rings. The van der Waals surface area contributed by atoms with E-state index < -0.39 is 6.10 Å². The van der Waals surface area contributed by atoms with E-state index in [1.54, 1.807) is 0 Å². The molecule has 0 radical (unpaired) electrons. The van der Waals surface area contributed by atoms with Gasteiger partial charge in [0, 0.05) is 19.3 Å². The van der Waals surface area contributed by atoms with Crippen molar-refractivity contribution in [3.05, 3.63) is 134 Å². The summed E-state index contributed by atoms with van der Waals surface area (Å²) in [7, 11) is 0. The molecule has 0 spiro atoms. The van der Waals surface area contributed by atoms with Gasteiger partial charge in [-0.05, 0) is 116 Å². The molecule has 6 heteroatoms. The van der Waals surface area contributed by atoms with Crippen LogP contribution >= 0.6 is 0 Å².